The molecule has 16 heavy (non-hydrogen) atoms. The van der Waals surface area contributed by atoms with Crippen LogP contribution in [-0.4, -0.2) is 0 Å². The van der Waals surface area contributed by atoms with Crippen molar-refractivity contribution in [2.45, 2.75) is 32.7 Å². The maximum Gasteiger partial charge on any atom is 0.0390 e. The van der Waals surface area contributed by atoms with Crippen molar-refractivity contribution in [1.29, 1.82) is 0 Å². The van der Waals surface area contributed by atoms with E-state index in [9.17, 15) is 0 Å². The summed E-state index contributed by atoms with van der Waals surface area (Å²) in [7, 11) is 0. The van der Waals surface area contributed by atoms with Crippen LogP contribution in [0.5, 0.6) is 0 Å². The molecule has 0 amide bonds. The largest absolute Gasteiger partial charge is 0.324 e. The average Bonchev–Trinajstić information content (AvgIpc) is 2.73. The molecule has 0 bridgehead atoms. The van der Waals surface area contributed by atoms with E-state index in [2.05, 4.69) is 43.5 Å². The molecule has 1 aromatic carbocycles. The van der Waals surface area contributed by atoms with Crippen molar-refractivity contribution < 1.29 is 0 Å². The molecule has 0 aliphatic carbocycles. The SMILES string of the molecule is CC(C)CCC(N)c1cccc2ccsc12. The van der Waals surface area contributed by atoms with Crippen LogP contribution in [0.1, 0.15) is 38.3 Å². The number of rotatable bonds is 4. The lowest BCUT2D eigenvalue weighted by atomic mass is 9.98. The predicted octanol–water partition coefficient (Wildman–Crippen LogP) is 4.34. The Labute approximate surface area is 101 Å². The van der Waals surface area contributed by atoms with E-state index in [0.29, 0.717) is 0 Å². The van der Waals surface area contributed by atoms with Crippen LogP contribution in [0, 0.1) is 5.92 Å². The average molecular weight is 233 g/mol. The third-order valence-electron chi connectivity index (χ3n) is 2.96. The number of hydrogen-bond donors (Lipinski definition) is 1. The number of hydrogen-bond acceptors (Lipinski definition) is 2. The zero-order valence-electron chi connectivity index (χ0n) is 9.94. The Morgan fingerprint density at radius 1 is 1.19 bits per heavy atom. The van der Waals surface area contributed by atoms with Crippen LogP contribution < -0.4 is 5.73 Å². The summed E-state index contributed by atoms with van der Waals surface area (Å²) in [5.41, 5.74) is 7.59. The van der Waals surface area contributed by atoms with E-state index in [0.717, 1.165) is 12.3 Å². The molecule has 1 unspecified atom stereocenters. The second-order valence-electron chi connectivity index (χ2n) is 4.76. The standard InChI is InChI=1S/C14H19NS/c1-10(2)6-7-13(15)12-5-3-4-11-8-9-16-14(11)12/h3-5,8-10,13H,6-7,15H2,1-2H3. The zero-order chi connectivity index (χ0) is 11.5. The van der Waals surface area contributed by atoms with Crippen LogP contribution >= 0.6 is 11.3 Å². The molecule has 2 N–H and O–H groups in total. The Kier molecular flexibility index (Phi) is 3.62. The van der Waals surface area contributed by atoms with Gasteiger partial charge in [0.1, 0.15) is 0 Å². The highest BCUT2D eigenvalue weighted by atomic mass is 32.1. The summed E-state index contributed by atoms with van der Waals surface area (Å²) in [4.78, 5) is 0. The number of nitrogens with two attached hydrogens (primary N) is 1. The van der Waals surface area contributed by atoms with Gasteiger partial charge in [0.25, 0.3) is 0 Å². The molecule has 1 heterocycles. The Hall–Kier alpha value is -0.860. The highest BCUT2D eigenvalue weighted by Crippen LogP contribution is 2.30. The molecule has 0 aliphatic heterocycles. The molecule has 2 aromatic rings. The van der Waals surface area contributed by atoms with Crippen molar-refractivity contribution in [2.24, 2.45) is 11.7 Å². The van der Waals surface area contributed by atoms with Crippen LogP contribution in [-0.2, 0) is 0 Å². The van der Waals surface area contributed by atoms with E-state index in [1.54, 1.807) is 11.3 Å². The van der Waals surface area contributed by atoms with Crippen LogP contribution in [0.15, 0.2) is 29.6 Å². The fourth-order valence-corrected chi connectivity index (χ4v) is 2.95. The van der Waals surface area contributed by atoms with Crippen molar-refractivity contribution in [2.75, 3.05) is 0 Å². The molecule has 2 rings (SSSR count). The van der Waals surface area contributed by atoms with E-state index in [4.69, 9.17) is 5.73 Å². The van der Waals surface area contributed by atoms with Gasteiger partial charge >= 0.3 is 0 Å². The van der Waals surface area contributed by atoms with Gasteiger partial charge in [-0.25, -0.2) is 0 Å². The monoisotopic (exact) mass is 233 g/mol. The summed E-state index contributed by atoms with van der Waals surface area (Å²) in [6.45, 7) is 4.50. The first kappa shape index (κ1) is 11.6. The summed E-state index contributed by atoms with van der Waals surface area (Å²) in [5.74, 6) is 0.730. The van der Waals surface area contributed by atoms with Gasteiger partial charge in [-0.3, -0.25) is 0 Å². The smallest absolute Gasteiger partial charge is 0.0390 e. The van der Waals surface area contributed by atoms with E-state index < -0.39 is 0 Å². The number of fused-ring (bicyclic) bond motifs is 1. The van der Waals surface area contributed by atoms with E-state index in [1.807, 2.05) is 0 Å². The van der Waals surface area contributed by atoms with Gasteiger partial charge in [-0.15, -0.1) is 11.3 Å². The normalized spacial score (nSPS) is 13.5. The van der Waals surface area contributed by atoms with Crippen molar-refractivity contribution in [1.82, 2.24) is 0 Å². The Morgan fingerprint density at radius 3 is 2.75 bits per heavy atom. The molecule has 1 nitrogen and oxygen atoms in total. The summed E-state index contributed by atoms with van der Waals surface area (Å²) in [6, 6.07) is 8.79. The lowest BCUT2D eigenvalue weighted by Gasteiger charge is -2.14. The van der Waals surface area contributed by atoms with Gasteiger partial charge in [0.15, 0.2) is 0 Å². The van der Waals surface area contributed by atoms with E-state index in [-0.39, 0.29) is 6.04 Å². The molecule has 2 heteroatoms. The minimum Gasteiger partial charge on any atom is -0.324 e. The minimum atomic E-state index is 0.185. The van der Waals surface area contributed by atoms with Gasteiger partial charge in [0.2, 0.25) is 0 Å². The topological polar surface area (TPSA) is 26.0 Å². The van der Waals surface area contributed by atoms with Crippen LogP contribution in [0.2, 0.25) is 0 Å². The van der Waals surface area contributed by atoms with Crippen molar-refractivity contribution in [3.05, 3.63) is 35.2 Å². The molecule has 1 atom stereocenters. The van der Waals surface area contributed by atoms with Gasteiger partial charge in [0, 0.05) is 10.7 Å². The highest BCUT2D eigenvalue weighted by molar-refractivity contribution is 7.17. The maximum atomic E-state index is 6.28. The van der Waals surface area contributed by atoms with Crippen molar-refractivity contribution in [3.63, 3.8) is 0 Å². The van der Waals surface area contributed by atoms with Crippen molar-refractivity contribution in [3.8, 4) is 0 Å². The fourth-order valence-electron chi connectivity index (χ4n) is 1.98. The molecule has 0 saturated carbocycles. The van der Waals surface area contributed by atoms with Gasteiger partial charge in [-0.1, -0.05) is 32.0 Å². The van der Waals surface area contributed by atoms with Gasteiger partial charge in [-0.05, 0) is 41.2 Å². The summed E-state index contributed by atoms with van der Waals surface area (Å²) < 4.78 is 1.36. The zero-order valence-corrected chi connectivity index (χ0v) is 10.8. The van der Waals surface area contributed by atoms with Crippen molar-refractivity contribution >= 4 is 21.4 Å². The van der Waals surface area contributed by atoms with Gasteiger partial charge < -0.3 is 5.73 Å². The number of benzene rings is 1. The summed E-state index contributed by atoms with van der Waals surface area (Å²) in [5, 5.41) is 3.46. The van der Waals surface area contributed by atoms with E-state index >= 15 is 0 Å². The summed E-state index contributed by atoms with van der Waals surface area (Å²) >= 11 is 1.80. The molecular formula is C14H19NS. The third-order valence-corrected chi connectivity index (χ3v) is 3.94. The molecular weight excluding hydrogens is 214 g/mol. The lowest BCUT2D eigenvalue weighted by Crippen LogP contribution is -2.11. The molecule has 0 radical (unpaired) electrons. The first-order chi connectivity index (χ1) is 7.68. The second-order valence-corrected chi connectivity index (χ2v) is 5.68. The molecule has 0 fully saturated rings. The van der Waals surface area contributed by atoms with Gasteiger partial charge in [0.05, 0.1) is 0 Å². The molecule has 86 valence electrons. The predicted molar refractivity (Wildman–Crippen MR) is 72.8 cm³/mol. The Balaban J connectivity index is 2.22. The molecule has 1 aromatic heterocycles. The summed E-state index contributed by atoms with van der Waals surface area (Å²) in [6.07, 6.45) is 2.28. The highest BCUT2D eigenvalue weighted by Gasteiger charge is 2.11. The third kappa shape index (κ3) is 2.45. The fraction of sp³-hybridized carbons (Fsp3) is 0.429. The minimum absolute atomic E-state index is 0.185. The van der Waals surface area contributed by atoms with Crippen LogP contribution in [0.25, 0.3) is 10.1 Å². The Bertz CT molecular complexity index is 458. The quantitative estimate of drug-likeness (QED) is 0.835. The number of thiophene rings is 1. The maximum absolute atomic E-state index is 6.28. The van der Waals surface area contributed by atoms with Gasteiger partial charge in [-0.2, -0.15) is 0 Å². The Morgan fingerprint density at radius 2 is 2.00 bits per heavy atom. The second kappa shape index (κ2) is 4.98. The van der Waals surface area contributed by atoms with Crippen LogP contribution in [0.4, 0.5) is 0 Å². The first-order valence-electron chi connectivity index (χ1n) is 5.90. The molecule has 0 saturated heterocycles. The first-order valence-corrected chi connectivity index (χ1v) is 6.78. The van der Waals surface area contributed by atoms with Crippen LogP contribution in [0.3, 0.4) is 0 Å². The molecule has 0 aliphatic rings. The molecule has 0 spiro atoms. The lowest BCUT2D eigenvalue weighted by molar-refractivity contribution is 0.509. The van der Waals surface area contributed by atoms with E-state index in [1.165, 1.54) is 22.1 Å².